The molecular weight excluding hydrogens is 210 g/mol. The van der Waals surface area contributed by atoms with Gasteiger partial charge in [0.15, 0.2) is 0 Å². The summed E-state index contributed by atoms with van der Waals surface area (Å²) in [5, 5.41) is 11.1. The van der Waals surface area contributed by atoms with Crippen LogP contribution in [-0.4, -0.2) is 28.8 Å². The standard InChI is InChI=1S/C11H17NO4/c1-7(13)12-9(11(15)16)6-10(14)8-4-2-3-5-8/h8-9H,2-6H2,1H3,(H,12,13)(H,15,16). The Morgan fingerprint density at radius 2 is 1.88 bits per heavy atom. The van der Waals surface area contributed by atoms with Gasteiger partial charge in [-0.1, -0.05) is 12.8 Å². The zero-order chi connectivity index (χ0) is 12.1. The highest BCUT2D eigenvalue weighted by Crippen LogP contribution is 2.26. The minimum Gasteiger partial charge on any atom is -0.480 e. The first kappa shape index (κ1) is 12.7. The maximum Gasteiger partial charge on any atom is 0.326 e. The third-order valence-electron chi connectivity index (χ3n) is 2.89. The molecular formula is C11H17NO4. The van der Waals surface area contributed by atoms with Crippen LogP contribution >= 0.6 is 0 Å². The molecule has 1 amide bonds. The number of carbonyl (C=O) groups is 3. The van der Waals surface area contributed by atoms with Crippen LogP contribution in [0.1, 0.15) is 39.0 Å². The molecule has 1 fully saturated rings. The SMILES string of the molecule is CC(=O)NC(CC(=O)C1CCCC1)C(=O)O. The predicted molar refractivity (Wildman–Crippen MR) is 56.8 cm³/mol. The Morgan fingerprint density at radius 1 is 1.31 bits per heavy atom. The molecule has 2 N–H and O–H groups in total. The minimum absolute atomic E-state index is 0.00407. The third-order valence-corrected chi connectivity index (χ3v) is 2.89. The fourth-order valence-electron chi connectivity index (χ4n) is 2.06. The second-order valence-corrected chi connectivity index (χ2v) is 4.24. The number of nitrogens with one attached hydrogen (secondary N) is 1. The molecule has 5 nitrogen and oxygen atoms in total. The van der Waals surface area contributed by atoms with Crippen molar-refractivity contribution in [2.24, 2.45) is 5.92 Å². The average molecular weight is 227 g/mol. The molecule has 1 aliphatic rings. The fourth-order valence-corrected chi connectivity index (χ4v) is 2.06. The van der Waals surface area contributed by atoms with Gasteiger partial charge in [0.05, 0.1) is 0 Å². The molecule has 0 radical (unpaired) electrons. The van der Waals surface area contributed by atoms with Crippen molar-refractivity contribution in [1.82, 2.24) is 5.32 Å². The Hall–Kier alpha value is -1.39. The number of ketones is 1. The summed E-state index contributed by atoms with van der Waals surface area (Å²) in [5.74, 6) is -1.62. The second-order valence-electron chi connectivity index (χ2n) is 4.24. The Labute approximate surface area is 94.2 Å². The Bertz CT molecular complexity index is 294. The predicted octanol–water partition coefficient (Wildman–Crippen LogP) is 0.725. The van der Waals surface area contributed by atoms with Crippen molar-refractivity contribution in [3.63, 3.8) is 0 Å². The fraction of sp³-hybridized carbons (Fsp3) is 0.727. The number of rotatable bonds is 5. The highest BCUT2D eigenvalue weighted by molar-refractivity contribution is 5.89. The molecule has 0 aromatic carbocycles. The van der Waals surface area contributed by atoms with Crippen molar-refractivity contribution in [1.29, 1.82) is 0 Å². The molecule has 5 heteroatoms. The molecule has 0 aliphatic heterocycles. The Balaban J connectivity index is 2.50. The topological polar surface area (TPSA) is 83.5 Å². The van der Waals surface area contributed by atoms with Crippen LogP contribution in [0.15, 0.2) is 0 Å². The van der Waals surface area contributed by atoms with Crippen molar-refractivity contribution in [2.45, 2.75) is 45.1 Å². The summed E-state index contributed by atoms with van der Waals surface area (Å²) in [4.78, 5) is 33.3. The summed E-state index contributed by atoms with van der Waals surface area (Å²) >= 11 is 0. The summed E-state index contributed by atoms with van der Waals surface area (Å²) in [5.41, 5.74) is 0. The third kappa shape index (κ3) is 3.64. The van der Waals surface area contributed by atoms with Gasteiger partial charge in [-0.2, -0.15) is 0 Å². The lowest BCUT2D eigenvalue weighted by Gasteiger charge is -2.14. The minimum atomic E-state index is -1.15. The van der Waals surface area contributed by atoms with Crippen LogP contribution < -0.4 is 5.32 Å². The van der Waals surface area contributed by atoms with Gasteiger partial charge in [0.2, 0.25) is 5.91 Å². The quantitative estimate of drug-likeness (QED) is 0.725. The maximum absolute atomic E-state index is 11.7. The van der Waals surface area contributed by atoms with Gasteiger partial charge in [-0.15, -0.1) is 0 Å². The number of carbonyl (C=O) groups excluding carboxylic acids is 2. The Morgan fingerprint density at radius 3 is 2.31 bits per heavy atom. The molecule has 0 aromatic heterocycles. The van der Waals surface area contributed by atoms with E-state index >= 15 is 0 Å². The van der Waals surface area contributed by atoms with Gasteiger partial charge in [-0.3, -0.25) is 9.59 Å². The van der Waals surface area contributed by atoms with Crippen molar-refractivity contribution in [2.75, 3.05) is 0 Å². The van der Waals surface area contributed by atoms with Crippen LogP contribution in [0.4, 0.5) is 0 Å². The molecule has 0 bridgehead atoms. The van der Waals surface area contributed by atoms with E-state index in [0.717, 1.165) is 25.7 Å². The maximum atomic E-state index is 11.7. The molecule has 0 spiro atoms. The van der Waals surface area contributed by atoms with Crippen LogP contribution in [-0.2, 0) is 14.4 Å². The number of hydrogen-bond donors (Lipinski definition) is 2. The summed E-state index contributed by atoms with van der Waals surface area (Å²) in [6.45, 7) is 1.25. The molecule has 1 rings (SSSR count). The smallest absolute Gasteiger partial charge is 0.326 e. The molecule has 1 unspecified atom stereocenters. The number of carboxylic acid groups (broad SMARTS) is 1. The highest BCUT2D eigenvalue weighted by atomic mass is 16.4. The average Bonchev–Trinajstić information content (AvgIpc) is 2.68. The molecule has 0 aromatic rings. The van der Waals surface area contributed by atoms with Crippen molar-refractivity contribution in [3.05, 3.63) is 0 Å². The largest absolute Gasteiger partial charge is 0.480 e. The zero-order valence-electron chi connectivity index (χ0n) is 9.36. The van der Waals surface area contributed by atoms with E-state index in [1.165, 1.54) is 6.92 Å². The monoisotopic (exact) mass is 227 g/mol. The number of Topliss-reactive ketones (excluding diaryl/α,β-unsaturated/α-hetero) is 1. The lowest BCUT2D eigenvalue weighted by molar-refractivity contribution is -0.143. The van der Waals surface area contributed by atoms with Crippen molar-refractivity contribution < 1.29 is 19.5 Å². The summed E-state index contributed by atoms with van der Waals surface area (Å²) in [6.07, 6.45) is 3.68. The molecule has 16 heavy (non-hydrogen) atoms. The number of hydrogen-bond acceptors (Lipinski definition) is 3. The number of carboxylic acids is 1. The van der Waals surface area contributed by atoms with Gasteiger partial charge in [-0.05, 0) is 12.8 Å². The van der Waals surface area contributed by atoms with E-state index in [-0.39, 0.29) is 18.1 Å². The molecule has 0 saturated heterocycles. The molecule has 0 heterocycles. The summed E-state index contributed by atoms with van der Waals surface area (Å²) in [7, 11) is 0. The van der Waals surface area contributed by atoms with E-state index in [2.05, 4.69) is 5.32 Å². The lowest BCUT2D eigenvalue weighted by atomic mass is 9.97. The first-order valence-corrected chi connectivity index (χ1v) is 5.53. The van der Waals surface area contributed by atoms with E-state index in [1.54, 1.807) is 0 Å². The normalized spacial score (nSPS) is 18.1. The molecule has 1 aliphatic carbocycles. The van der Waals surface area contributed by atoms with Gasteiger partial charge >= 0.3 is 5.97 Å². The molecule has 90 valence electrons. The van der Waals surface area contributed by atoms with Gasteiger partial charge in [-0.25, -0.2) is 4.79 Å². The number of aliphatic carboxylic acids is 1. The summed E-state index contributed by atoms with van der Waals surface area (Å²) < 4.78 is 0. The first-order chi connectivity index (χ1) is 7.50. The van der Waals surface area contributed by atoms with E-state index in [0.29, 0.717) is 0 Å². The van der Waals surface area contributed by atoms with Gasteiger partial charge < -0.3 is 10.4 Å². The first-order valence-electron chi connectivity index (χ1n) is 5.53. The van der Waals surface area contributed by atoms with E-state index in [1.807, 2.05) is 0 Å². The lowest BCUT2D eigenvalue weighted by Crippen LogP contribution is -2.41. The van der Waals surface area contributed by atoms with E-state index < -0.39 is 17.9 Å². The van der Waals surface area contributed by atoms with Gasteiger partial charge in [0, 0.05) is 19.3 Å². The molecule has 1 saturated carbocycles. The van der Waals surface area contributed by atoms with E-state index in [4.69, 9.17) is 5.11 Å². The second kappa shape index (κ2) is 5.63. The van der Waals surface area contributed by atoms with Crippen LogP contribution in [0, 0.1) is 5.92 Å². The van der Waals surface area contributed by atoms with E-state index in [9.17, 15) is 14.4 Å². The zero-order valence-corrected chi connectivity index (χ0v) is 9.36. The van der Waals surface area contributed by atoms with Gasteiger partial charge in [0.1, 0.15) is 11.8 Å². The van der Waals surface area contributed by atoms with Crippen molar-refractivity contribution in [3.8, 4) is 0 Å². The van der Waals surface area contributed by atoms with Crippen LogP contribution in [0.25, 0.3) is 0 Å². The highest BCUT2D eigenvalue weighted by Gasteiger charge is 2.28. The van der Waals surface area contributed by atoms with Crippen LogP contribution in [0.3, 0.4) is 0 Å². The van der Waals surface area contributed by atoms with Crippen LogP contribution in [0.2, 0.25) is 0 Å². The Kier molecular flexibility index (Phi) is 4.46. The van der Waals surface area contributed by atoms with Crippen molar-refractivity contribution >= 4 is 17.7 Å². The molecule has 1 atom stereocenters. The number of amides is 1. The van der Waals surface area contributed by atoms with Gasteiger partial charge in [0.25, 0.3) is 0 Å². The summed E-state index contributed by atoms with van der Waals surface area (Å²) in [6, 6.07) is -1.08. The van der Waals surface area contributed by atoms with Crippen LogP contribution in [0.5, 0.6) is 0 Å².